The van der Waals surface area contributed by atoms with Crippen LogP contribution in [0.3, 0.4) is 0 Å². The largest absolute Gasteiger partial charge is 0.497 e. The minimum absolute atomic E-state index is 0.171. The highest BCUT2D eigenvalue weighted by atomic mass is 16.5. The molecule has 6 nitrogen and oxygen atoms in total. The maximum Gasteiger partial charge on any atom is 0.243 e. The average Bonchev–Trinajstić information content (AvgIpc) is 2.87. The predicted molar refractivity (Wildman–Crippen MR) is 133 cm³/mol. The molecule has 0 fully saturated rings. The maximum absolute atomic E-state index is 13.2. The van der Waals surface area contributed by atoms with Crippen LogP contribution in [-0.2, 0) is 22.4 Å². The Labute approximate surface area is 201 Å². The number of amides is 2. The number of aryl methyl sites for hydroxylation is 1. The first-order valence-electron chi connectivity index (χ1n) is 11.4. The molecule has 0 aromatic heterocycles. The monoisotopic (exact) mass is 460 g/mol. The molecule has 0 aliphatic heterocycles. The molecule has 0 spiro atoms. The number of methoxy groups -OCH3 is 2. The van der Waals surface area contributed by atoms with Gasteiger partial charge in [0, 0.05) is 0 Å². The highest BCUT2D eigenvalue weighted by Gasteiger charge is 2.22. The van der Waals surface area contributed by atoms with E-state index in [9.17, 15) is 9.59 Å². The Bertz CT molecular complexity index is 1050. The van der Waals surface area contributed by atoms with Crippen molar-refractivity contribution < 1.29 is 19.1 Å². The molecule has 34 heavy (non-hydrogen) atoms. The minimum atomic E-state index is -0.654. The number of carbonyl (C=O) groups excluding carboxylic acids is 2. The fourth-order valence-corrected chi connectivity index (χ4v) is 3.69. The fraction of sp³-hybridized carbons (Fsp3) is 0.286. The summed E-state index contributed by atoms with van der Waals surface area (Å²) in [4.78, 5) is 26.0. The lowest BCUT2D eigenvalue weighted by molar-refractivity contribution is -0.129. The van der Waals surface area contributed by atoms with E-state index >= 15 is 0 Å². The molecule has 0 bridgehead atoms. The molecule has 178 valence electrons. The Morgan fingerprint density at radius 1 is 0.765 bits per heavy atom. The van der Waals surface area contributed by atoms with E-state index in [1.54, 1.807) is 14.2 Å². The second kappa shape index (κ2) is 12.4. The molecule has 2 atom stereocenters. The van der Waals surface area contributed by atoms with Crippen LogP contribution in [0.2, 0.25) is 0 Å². The van der Waals surface area contributed by atoms with Gasteiger partial charge in [-0.25, -0.2) is 0 Å². The Morgan fingerprint density at radius 3 is 1.88 bits per heavy atom. The predicted octanol–water partition coefficient (Wildman–Crippen LogP) is 4.24. The summed E-state index contributed by atoms with van der Waals surface area (Å²) < 4.78 is 10.4. The van der Waals surface area contributed by atoms with Gasteiger partial charge in [-0.1, -0.05) is 54.6 Å². The van der Waals surface area contributed by atoms with Gasteiger partial charge < -0.3 is 20.1 Å². The second-order valence-electron chi connectivity index (χ2n) is 8.17. The molecule has 3 rings (SSSR count). The second-order valence-corrected chi connectivity index (χ2v) is 8.17. The zero-order valence-electron chi connectivity index (χ0n) is 19.9. The molecular formula is C28H32N2O4. The number of rotatable bonds is 11. The summed E-state index contributed by atoms with van der Waals surface area (Å²) in [6, 6.07) is 24.0. The fourth-order valence-electron chi connectivity index (χ4n) is 3.69. The standard InChI is InChI=1S/C28H32N2O4/c1-20(23-7-5-4-6-8-23)29-28(32)26(18-13-21-9-14-24(33-2)15-10-21)30-27(31)19-22-11-16-25(34-3)17-12-22/h4-12,14-17,20,26H,13,18-19H2,1-3H3,(H,29,32)(H,30,31). The zero-order chi connectivity index (χ0) is 24.3. The SMILES string of the molecule is COc1ccc(CCC(NC(=O)Cc2ccc(OC)cc2)C(=O)NC(C)c2ccccc2)cc1. The summed E-state index contributed by atoms with van der Waals surface area (Å²) in [5, 5.41) is 5.98. The van der Waals surface area contributed by atoms with Crippen LogP contribution in [0.4, 0.5) is 0 Å². The Balaban J connectivity index is 1.67. The van der Waals surface area contributed by atoms with Crippen LogP contribution in [0, 0.1) is 0 Å². The summed E-state index contributed by atoms with van der Waals surface area (Å²) in [6.07, 6.45) is 1.31. The Morgan fingerprint density at radius 2 is 1.32 bits per heavy atom. The van der Waals surface area contributed by atoms with Crippen LogP contribution < -0.4 is 20.1 Å². The highest BCUT2D eigenvalue weighted by Crippen LogP contribution is 2.16. The molecule has 0 aliphatic carbocycles. The van der Waals surface area contributed by atoms with Crippen LogP contribution in [0.25, 0.3) is 0 Å². The third-order valence-electron chi connectivity index (χ3n) is 5.71. The molecule has 0 saturated heterocycles. The smallest absolute Gasteiger partial charge is 0.243 e. The number of ether oxygens (including phenoxy) is 2. The quantitative estimate of drug-likeness (QED) is 0.449. The molecule has 6 heteroatoms. The minimum Gasteiger partial charge on any atom is -0.497 e. The average molecular weight is 461 g/mol. The summed E-state index contributed by atoms with van der Waals surface area (Å²) in [5.74, 6) is 1.11. The van der Waals surface area contributed by atoms with Crippen molar-refractivity contribution in [3.63, 3.8) is 0 Å². The lowest BCUT2D eigenvalue weighted by Gasteiger charge is -2.22. The summed E-state index contributed by atoms with van der Waals surface area (Å²) >= 11 is 0. The van der Waals surface area contributed by atoms with E-state index in [0.717, 1.165) is 28.2 Å². The van der Waals surface area contributed by atoms with Crippen molar-refractivity contribution >= 4 is 11.8 Å². The molecule has 0 saturated carbocycles. The van der Waals surface area contributed by atoms with Crippen molar-refractivity contribution in [1.29, 1.82) is 0 Å². The molecule has 0 radical (unpaired) electrons. The number of benzene rings is 3. The van der Waals surface area contributed by atoms with Gasteiger partial charge in [0.1, 0.15) is 17.5 Å². The van der Waals surface area contributed by atoms with E-state index in [0.29, 0.717) is 12.8 Å². The van der Waals surface area contributed by atoms with E-state index < -0.39 is 6.04 Å². The molecule has 0 heterocycles. The van der Waals surface area contributed by atoms with Gasteiger partial charge in [-0.05, 0) is 60.7 Å². The van der Waals surface area contributed by atoms with E-state index in [2.05, 4.69) is 10.6 Å². The van der Waals surface area contributed by atoms with E-state index in [1.165, 1.54) is 0 Å². The van der Waals surface area contributed by atoms with Crippen molar-refractivity contribution in [1.82, 2.24) is 10.6 Å². The van der Waals surface area contributed by atoms with Crippen LogP contribution in [0.15, 0.2) is 78.9 Å². The van der Waals surface area contributed by atoms with Crippen molar-refractivity contribution in [2.24, 2.45) is 0 Å². The van der Waals surface area contributed by atoms with E-state index in [1.807, 2.05) is 85.8 Å². The molecule has 2 amide bonds. The van der Waals surface area contributed by atoms with Gasteiger partial charge in [0.2, 0.25) is 11.8 Å². The van der Waals surface area contributed by atoms with Crippen molar-refractivity contribution in [2.75, 3.05) is 14.2 Å². The van der Waals surface area contributed by atoms with Gasteiger partial charge in [-0.2, -0.15) is 0 Å². The molecule has 0 aliphatic rings. The summed E-state index contributed by atoms with van der Waals surface area (Å²) in [5.41, 5.74) is 2.93. The van der Waals surface area contributed by atoms with Gasteiger partial charge >= 0.3 is 0 Å². The molecule has 3 aromatic rings. The topological polar surface area (TPSA) is 76.7 Å². The van der Waals surface area contributed by atoms with Crippen LogP contribution in [0.5, 0.6) is 11.5 Å². The van der Waals surface area contributed by atoms with Gasteiger partial charge in [-0.15, -0.1) is 0 Å². The van der Waals surface area contributed by atoms with E-state index in [4.69, 9.17) is 9.47 Å². The van der Waals surface area contributed by atoms with Crippen LogP contribution in [-0.4, -0.2) is 32.1 Å². The lowest BCUT2D eigenvalue weighted by Crippen LogP contribution is -2.48. The van der Waals surface area contributed by atoms with Crippen LogP contribution >= 0.6 is 0 Å². The lowest BCUT2D eigenvalue weighted by atomic mass is 10.0. The van der Waals surface area contributed by atoms with Crippen molar-refractivity contribution in [3.8, 4) is 11.5 Å². The van der Waals surface area contributed by atoms with Gasteiger partial charge in [-0.3, -0.25) is 9.59 Å². The third-order valence-corrected chi connectivity index (χ3v) is 5.71. The molecule has 2 unspecified atom stereocenters. The summed E-state index contributed by atoms with van der Waals surface area (Å²) in [7, 11) is 3.23. The first-order valence-corrected chi connectivity index (χ1v) is 11.4. The Hall–Kier alpha value is -3.80. The first kappa shape index (κ1) is 24.8. The Kier molecular flexibility index (Phi) is 9.09. The van der Waals surface area contributed by atoms with Crippen molar-refractivity contribution in [3.05, 3.63) is 95.6 Å². The zero-order valence-corrected chi connectivity index (χ0v) is 19.9. The van der Waals surface area contributed by atoms with Gasteiger partial charge in [0.25, 0.3) is 0 Å². The number of nitrogens with one attached hydrogen (secondary N) is 2. The first-order chi connectivity index (χ1) is 16.5. The third kappa shape index (κ3) is 7.37. The van der Waals surface area contributed by atoms with E-state index in [-0.39, 0.29) is 24.3 Å². The molecular weight excluding hydrogens is 428 g/mol. The normalized spacial score (nSPS) is 12.3. The number of hydrogen-bond acceptors (Lipinski definition) is 4. The molecule has 3 aromatic carbocycles. The van der Waals surface area contributed by atoms with Crippen LogP contribution in [0.1, 0.15) is 36.1 Å². The molecule has 2 N–H and O–H groups in total. The summed E-state index contributed by atoms with van der Waals surface area (Å²) in [6.45, 7) is 1.94. The van der Waals surface area contributed by atoms with Gasteiger partial charge in [0.15, 0.2) is 0 Å². The maximum atomic E-state index is 13.2. The number of carbonyl (C=O) groups is 2. The highest BCUT2D eigenvalue weighted by molar-refractivity contribution is 5.88. The van der Waals surface area contributed by atoms with Crippen molar-refractivity contribution in [2.45, 2.75) is 38.3 Å². The number of hydrogen-bond donors (Lipinski definition) is 2. The van der Waals surface area contributed by atoms with Gasteiger partial charge in [0.05, 0.1) is 26.7 Å².